The number of hydrogen-bond donors (Lipinski definition) is 2. The lowest BCUT2D eigenvalue weighted by Crippen LogP contribution is -2.23. The Morgan fingerprint density at radius 1 is 1.22 bits per heavy atom. The number of pyridine rings is 2. The molecule has 2 rings (SSSR count). The monoisotopic (exact) mass is 243 g/mol. The molecule has 2 N–H and O–H groups in total. The Morgan fingerprint density at radius 2 is 2.00 bits per heavy atom. The highest BCUT2D eigenvalue weighted by molar-refractivity contribution is 6.03. The molecule has 18 heavy (non-hydrogen) atoms. The van der Waals surface area contributed by atoms with E-state index in [0.29, 0.717) is 11.5 Å². The van der Waals surface area contributed by atoms with Crippen molar-refractivity contribution in [2.24, 2.45) is 0 Å². The van der Waals surface area contributed by atoms with Gasteiger partial charge in [0.15, 0.2) is 0 Å². The third kappa shape index (κ3) is 2.63. The van der Waals surface area contributed by atoms with E-state index >= 15 is 0 Å². The second kappa shape index (κ2) is 4.83. The zero-order valence-electron chi connectivity index (χ0n) is 10.2. The SMILES string of the molecule is Cc1cccc(NC(=O)c2ccc(C)[nH]c2=O)n1. The Balaban J connectivity index is 2.25. The summed E-state index contributed by atoms with van der Waals surface area (Å²) >= 11 is 0. The van der Waals surface area contributed by atoms with E-state index in [4.69, 9.17) is 0 Å². The van der Waals surface area contributed by atoms with Gasteiger partial charge in [0.2, 0.25) is 0 Å². The van der Waals surface area contributed by atoms with Crippen LogP contribution < -0.4 is 10.9 Å². The lowest BCUT2D eigenvalue weighted by molar-refractivity contribution is 0.102. The maximum atomic E-state index is 11.9. The summed E-state index contributed by atoms with van der Waals surface area (Å²) in [5, 5.41) is 2.59. The first-order chi connectivity index (χ1) is 8.56. The topological polar surface area (TPSA) is 74.8 Å². The van der Waals surface area contributed by atoms with Gasteiger partial charge >= 0.3 is 0 Å². The molecule has 0 unspecified atom stereocenters. The molecule has 0 aliphatic heterocycles. The number of amides is 1. The number of aromatic amines is 1. The number of hydrogen-bond acceptors (Lipinski definition) is 3. The van der Waals surface area contributed by atoms with Crippen LogP contribution in [0.3, 0.4) is 0 Å². The molecule has 0 aromatic carbocycles. The summed E-state index contributed by atoms with van der Waals surface area (Å²) in [4.78, 5) is 30.2. The number of carbonyl (C=O) groups excluding carboxylic acids is 1. The molecule has 5 nitrogen and oxygen atoms in total. The molecule has 0 spiro atoms. The Labute approximate surface area is 104 Å². The molecular weight excluding hydrogens is 230 g/mol. The Morgan fingerprint density at radius 3 is 2.67 bits per heavy atom. The van der Waals surface area contributed by atoms with Gasteiger partial charge in [-0.2, -0.15) is 0 Å². The highest BCUT2D eigenvalue weighted by atomic mass is 16.2. The fourth-order valence-corrected chi connectivity index (χ4v) is 1.55. The standard InChI is InChI=1S/C13H13N3O2/c1-8-4-3-5-11(14-8)16-13(18)10-7-6-9(2)15-12(10)17/h3-7H,1-2H3,(H,15,17)(H,14,16,18). The average Bonchev–Trinajstić information content (AvgIpc) is 2.28. The van der Waals surface area contributed by atoms with Crippen LogP contribution in [0.25, 0.3) is 0 Å². The van der Waals surface area contributed by atoms with E-state index in [9.17, 15) is 9.59 Å². The van der Waals surface area contributed by atoms with Crippen molar-refractivity contribution >= 4 is 11.7 Å². The van der Waals surface area contributed by atoms with Crippen molar-refractivity contribution < 1.29 is 4.79 Å². The van der Waals surface area contributed by atoms with Crippen molar-refractivity contribution in [2.75, 3.05) is 5.32 Å². The Hall–Kier alpha value is -2.43. The minimum Gasteiger partial charge on any atom is -0.326 e. The summed E-state index contributed by atoms with van der Waals surface area (Å²) in [6, 6.07) is 8.47. The molecule has 0 saturated heterocycles. The van der Waals surface area contributed by atoms with Crippen LogP contribution in [0.2, 0.25) is 0 Å². The number of aryl methyl sites for hydroxylation is 2. The van der Waals surface area contributed by atoms with Crippen LogP contribution >= 0.6 is 0 Å². The summed E-state index contributed by atoms with van der Waals surface area (Å²) in [7, 11) is 0. The maximum Gasteiger partial charge on any atom is 0.262 e. The molecule has 0 saturated carbocycles. The third-order valence-corrected chi connectivity index (χ3v) is 2.43. The molecule has 0 fully saturated rings. The zero-order valence-corrected chi connectivity index (χ0v) is 10.2. The molecule has 2 heterocycles. The summed E-state index contributed by atoms with van der Waals surface area (Å²) < 4.78 is 0. The van der Waals surface area contributed by atoms with E-state index in [1.165, 1.54) is 6.07 Å². The highest BCUT2D eigenvalue weighted by Gasteiger charge is 2.10. The second-order valence-corrected chi connectivity index (χ2v) is 4.00. The Kier molecular flexibility index (Phi) is 3.23. The normalized spacial score (nSPS) is 10.1. The number of anilines is 1. The van der Waals surface area contributed by atoms with E-state index in [-0.39, 0.29) is 5.56 Å². The lowest BCUT2D eigenvalue weighted by Gasteiger charge is -2.04. The van der Waals surface area contributed by atoms with Gasteiger partial charge in [-0.1, -0.05) is 6.07 Å². The molecule has 0 atom stereocenters. The fraction of sp³-hybridized carbons (Fsp3) is 0.154. The number of nitrogens with one attached hydrogen (secondary N) is 2. The minimum atomic E-state index is -0.464. The molecule has 2 aromatic rings. The molecule has 0 bridgehead atoms. The summed E-state index contributed by atoms with van der Waals surface area (Å²) in [6.07, 6.45) is 0. The molecule has 0 radical (unpaired) electrons. The minimum absolute atomic E-state index is 0.0731. The average molecular weight is 243 g/mol. The van der Waals surface area contributed by atoms with Gasteiger partial charge in [-0.05, 0) is 38.1 Å². The van der Waals surface area contributed by atoms with Gasteiger partial charge in [0.05, 0.1) is 0 Å². The van der Waals surface area contributed by atoms with Crippen LogP contribution in [0.15, 0.2) is 35.1 Å². The van der Waals surface area contributed by atoms with E-state index < -0.39 is 11.5 Å². The van der Waals surface area contributed by atoms with Gasteiger partial charge in [0, 0.05) is 11.4 Å². The smallest absolute Gasteiger partial charge is 0.262 e. The van der Waals surface area contributed by atoms with Crippen molar-refractivity contribution in [2.45, 2.75) is 13.8 Å². The van der Waals surface area contributed by atoms with Gasteiger partial charge < -0.3 is 10.3 Å². The second-order valence-electron chi connectivity index (χ2n) is 4.00. The fourth-order valence-electron chi connectivity index (χ4n) is 1.55. The van der Waals surface area contributed by atoms with E-state index in [2.05, 4.69) is 15.3 Å². The lowest BCUT2D eigenvalue weighted by atomic mass is 10.2. The summed E-state index contributed by atoms with van der Waals surface area (Å²) in [5.41, 5.74) is 1.18. The number of nitrogens with zero attached hydrogens (tertiary/aromatic N) is 1. The number of carbonyl (C=O) groups is 1. The molecule has 0 aliphatic rings. The van der Waals surface area contributed by atoms with Crippen molar-refractivity contribution in [3.8, 4) is 0 Å². The van der Waals surface area contributed by atoms with E-state index in [0.717, 1.165) is 5.69 Å². The zero-order chi connectivity index (χ0) is 13.1. The number of H-pyrrole nitrogens is 1. The van der Waals surface area contributed by atoms with Gasteiger partial charge in [-0.25, -0.2) is 4.98 Å². The van der Waals surface area contributed by atoms with Crippen molar-refractivity contribution in [1.29, 1.82) is 0 Å². The van der Waals surface area contributed by atoms with Crippen molar-refractivity contribution in [1.82, 2.24) is 9.97 Å². The summed E-state index contributed by atoms with van der Waals surface area (Å²) in [5.74, 6) is -0.0330. The number of rotatable bonds is 2. The van der Waals surface area contributed by atoms with Crippen LogP contribution in [0.4, 0.5) is 5.82 Å². The van der Waals surface area contributed by atoms with Crippen LogP contribution in [0.1, 0.15) is 21.7 Å². The van der Waals surface area contributed by atoms with Crippen LogP contribution in [0.5, 0.6) is 0 Å². The van der Waals surface area contributed by atoms with Gasteiger partial charge in [0.1, 0.15) is 11.4 Å². The molecule has 92 valence electrons. The van der Waals surface area contributed by atoms with Gasteiger partial charge in [-0.3, -0.25) is 9.59 Å². The number of aromatic nitrogens is 2. The van der Waals surface area contributed by atoms with E-state index in [1.54, 1.807) is 25.1 Å². The molecule has 2 aromatic heterocycles. The first kappa shape index (κ1) is 12.0. The van der Waals surface area contributed by atoms with Crippen molar-refractivity contribution in [3.63, 3.8) is 0 Å². The van der Waals surface area contributed by atoms with Crippen LogP contribution in [-0.4, -0.2) is 15.9 Å². The first-order valence-corrected chi connectivity index (χ1v) is 5.51. The predicted octanol–water partition coefficient (Wildman–Crippen LogP) is 1.64. The highest BCUT2D eigenvalue weighted by Crippen LogP contribution is 2.05. The molecule has 0 aliphatic carbocycles. The largest absolute Gasteiger partial charge is 0.326 e. The van der Waals surface area contributed by atoms with E-state index in [1.807, 2.05) is 13.0 Å². The van der Waals surface area contributed by atoms with Crippen molar-refractivity contribution in [3.05, 3.63) is 57.6 Å². The predicted molar refractivity (Wildman–Crippen MR) is 68.7 cm³/mol. The molecular formula is C13H13N3O2. The third-order valence-electron chi connectivity index (χ3n) is 2.43. The summed E-state index contributed by atoms with van der Waals surface area (Å²) in [6.45, 7) is 3.58. The van der Waals surface area contributed by atoms with Gasteiger partial charge in [-0.15, -0.1) is 0 Å². The van der Waals surface area contributed by atoms with Crippen LogP contribution in [-0.2, 0) is 0 Å². The maximum absolute atomic E-state index is 11.9. The molecule has 1 amide bonds. The Bertz CT molecular complexity index is 647. The quantitative estimate of drug-likeness (QED) is 0.842. The van der Waals surface area contributed by atoms with Gasteiger partial charge in [0.25, 0.3) is 11.5 Å². The van der Waals surface area contributed by atoms with Crippen LogP contribution in [0, 0.1) is 13.8 Å². The molecule has 5 heteroatoms. The first-order valence-electron chi connectivity index (χ1n) is 5.51.